The summed E-state index contributed by atoms with van der Waals surface area (Å²) < 4.78 is 14.0. The summed E-state index contributed by atoms with van der Waals surface area (Å²) in [5.41, 5.74) is 6.74. The van der Waals surface area contributed by atoms with Gasteiger partial charge in [0.1, 0.15) is 5.82 Å². The van der Waals surface area contributed by atoms with Crippen molar-refractivity contribution in [1.29, 1.82) is 0 Å². The molecule has 3 aromatic rings. The van der Waals surface area contributed by atoms with Gasteiger partial charge < -0.3 is 4.90 Å². The van der Waals surface area contributed by atoms with Crippen molar-refractivity contribution in [1.82, 2.24) is 4.98 Å². The van der Waals surface area contributed by atoms with Crippen LogP contribution in [0.25, 0.3) is 0 Å². The largest absolute Gasteiger partial charge is 0.312 e. The molecule has 134 valence electrons. The maximum Gasteiger partial charge on any atom is 0.227 e. The molecule has 5 rings (SSSR count). The second-order valence-corrected chi connectivity index (χ2v) is 7.25. The number of amides is 1. The van der Waals surface area contributed by atoms with Gasteiger partial charge in [-0.25, -0.2) is 4.39 Å². The molecular formula is C23H19FN2O. The van der Waals surface area contributed by atoms with Gasteiger partial charge in [0.2, 0.25) is 5.91 Å². The number of hydrogen-bond acceptors (Lipinski definition) is 2. The van der Waals surface area contributed by atoms with Crippen LogP contribution >= 0.6 is 0 Å². The highest BCUT2D eigenvalue weighted by atomic mass is 19.1. The Morgan fingerprint density at radius 1 is 0.889 bits per heavy atom. The number of aromatic nitrogens is 1. The van der Waals surface area contributed by atoms with E-state index in [2.05, 4.69) is 17.1 Å². The maximum absolute atomic E-state index is 14.0. The Bertz CT molecular complexity index is 1030. The van der Waals surface area contributed by atoms with Crippen molar-refractivity contribution in [2.24, 2.45) is 0 Å². The number of rotatable bonds is 3. The Balaban J connectivity index is 1.69. The average molecular weight is 358 g/mol. The summed E-state index contributed by atoms with van der Waals surface area (Å²) in [4.78, 5) is 18.3. The summed E-state index contributed by atoms with van der Waals surface area (Å²) >= 11 is 0. The molecule has 0 N–H and O–H groups in total. The SMILES string of the molecule is O=C1CCc2cc(C(c3ccncc3)c3cccc(F)c3)cc3c2N1CC3. The van der Waals surface area contributed by atoms with Crippen molar-refractivity contribution in [2.45, 2.75) is 25.2 Å². The molecular weight excluding hydrogens is 339 g/mol. The number of hydrogen-bond donors (Lipinski definition) is 0. The smallest absolute Gasteiger partial charge is 0.227 e. The van der Waals surface area contributed by atoms with Gasteiger partial charge in [-0.1, -0.05) is 24.3 Å². The average Bonchev–Trinajstić information content (AvgIpc) is 3.11. The van der Waals surface area contributed by atoms with Crippen LogP contribution in [0.15, 0.2) is 60.9 Å². The molecule has 0 saturated carbocycles. The van der Waals surface area contributed by atoms with Crippen molar-refractivity contribution >= 4 is 11.6 Å². The predicted octanol–water partition coefficient (Wildman–Crippen LogP) is 4.24. The number of benzene rings is 2. The minimum atomic E-state index is -0.231. The van der Waals surface area contributed by atoms with Gasteiger partial charge in [0.15, 0.2) is 0 Å². The fraction of sp³-hybridized carbons (Fsp3) is 0.217. The van der Waals surface area contributed by atoms with Crippen molar-refractivity contribution in [3.8, 4) is 0 Å². The molecule has 3 nitrogen and oxygen atoms in total. The highest BCUT2D eigenvalue weighted by Crippen LogP contribution is 2.41. The molecule has 0 radical (unpaired) electrons. The van der Waals surface area contributed by atoms with E-state index in [1.807, 2.05) is 23.1 Å². The third-order valence-electron chi connectivity index (χ3n) is 5.63. The molecule has 0 fully saturated rings. The van der Waals surface area contributed by atoms with Gasteiger partial charge in [0, 0.05) is 31.3 Å². The second kappa shape index (κ2) is 6.31. The summed E-state index contributed by atoms with van der Waals surface area (Å²) in [7, 11) is 0. The van der Waals surface area contributed by atoms with E-state index in [1.54, 1.807) is 24.5 Å². The highest BCUT2D eigenvalue weighted by Gasteiger charge is 2.32. The van der Waals surface area contributed by atoms with Gasteiger partial charge >= 0.3 is 0 Å². The first-order valence-electron chi connectivity index (χ1n) is 9.32. The van der Waals surface area contributed by atoms with E-state index in [1.165, 1.54) is 17.2 Å². The first kappa shape index (κ1) is 16.2. The van der Waals surface area contributed by atoms with Crippen LogP contribution in [-0.4, -0.2) is 17.4 Å². The minimum Gasteiger partial charge on any atom is -0.312 e. The lowest BCUT2D eigenvalue weighted by atomic mass is 9.83. The standard InChI is InChI=1S/C23H19FN2O/c24-20-3-1-2-16(14-20)22(15-6-9-25-10-7-15)19-12-17-4-5-21(27)26-11-8-18(13-19)23(17)26/h1-3,6-7,9-10,12-14,22H,4-5,8,11H2. The molecule has 1 atom stereocenters. The Labute approximate surface area is 157 Å². The zero-order chi connectivity index (χ0) is 18.4. The third kappa shape index (κ3) is 2.72. The van der Waals surface area contributed by atoms with Crippen molar-refractivity contribution in [3.05, 3.63) is 94.6 Å². The Hall–Kier alpha value is -3.01. The van der Waals surface area contributed by atoms with E-state index in [4.69, 9.17) is 0 Å². The Morgan fingerprint density at radius 2 is 1.67 bits per heavy atom. The fourth-order valence-corrected chi connectivity index (χ4v) is 4.47. The molecule has 2 aliphatic heterocycles. The molecule has 1 amide bonds. The van der Waals surface area contributed by atoms with Crippen LogP contribution in [0.2, 0.25) is 0 Å². The van der Waals surface area contributed by atoms with Crippen molar-refractivity contribution in [3.63, 3.8) is 0 Å². The minimum absolute atomic E-state index is 0.0584. The monoisotopic (exact) mass is 358 g/mol. The number of carbonyl (C=O) groups excluding carboxylic acids is 1. The van der Waals surface area contributed by atoms with Gasteiger partial charge in [-0.2, -0.15) is 0 Å². The van der Waals surface area contributed by atoms with Crippen LogP contribution in [0.1, 0.15) is 40.2 Å². The highest BCUT2D eigenvalue weighted by molar-refractivity contribution is 5.98. The Morgan fingerprint density at radius 3 is 2.44 bits per heavy atom. The normalized spacial score (nSPS) is 16.3. The fourth-order valence-electron chi connectivity index (χ4n) is 4.47. The van der Waals surface area contributed by atoms with Crippen molar-refractivity contribution < 1.29 is 9.18 Å². The van der Waals surface area contributed by atoms with Crippen LogP contribution in [0.5, 0.6) is 0 Å². The summed E-state index contributed by atoms with van der Waals surface area (Å²) in [6.45, 7) is 0.768. The molecule has 0 saturated heterocycles. The number of nitrogens with zero attached hydrogens (tertiary/aromatic N) is 2. The lowest BCUT2D eigenvalue weighted by Crippen LogP contribution is -2.32. The van der Waals surface area contributed by atoms with E-state index in [0.29, 0.717) is 6.42 Å². The molecule has 0 spiro atoms. The van der Waals surface area contributed by atoms with Crippen LogP contribution in [0, 0.1) is 5.82 Å². The van der Waals surface area contributed by atoms with E-state index in [-0.39, 0.29) is 17.6 Å². The zero-order valence-electron chi connectivity index (χ0n) is 14.9. The number of aryl methyl sites for hydroxylation is 1. The predicted molar refractivity (Wildman–Crippen MR) is 102 cm³/mol. The van der Waals surface area contributed by atoms with Crippen LogP contribution in [0.4, 0.5) is 10.1 Å². The molecule has 0 aliphatic carbocycles. The summed E-state index contributed by atoms with van der Waals surface area (Å²) in [6, 6.07) is 15.2. The second-order valence-electron chi connectivity index (χ2n) is 7.25. The maximum atomic E-state index is 14.0. The van der Waals surface area contributed by atoms with Gasteiger partial charge in [-0.3, -0.25) is 9.78 Å². The van der Waals surface area contributed by atoms with Crippen LogP contribution in [-0.2, 0) is 17.6 Å². The first-order chi connectivity index (χ1) is 13.2. The summed E-state index contributed by atoms with van der Waals surface area (Å²) in [5, 5.41) is 0. The molecule has 3 heterocycles. The number of halogens is 1. The van der Waals surface area contributed by atoms with Gasteiger partial charge in [-0.05, 0) is 64.9 Å². The van der Waals surface area contributed by atoms with E-state index in [9.17, 15) is 9.18 Å². The van der Waals surface area contributed by atoms with Gasteiger partial charge in [-0.15, -0.1) is 0 Å². The zero-order valence-corrected chi connectivity index (χ0v) is 14.9. The lowest BCUT2D eigenvalue weighted by Gasteiger charge is -2.27. The van der Waals surface area contributed by atoms with Crippen molar-refractivity contribution in [2.75, 3.05) is 11.4 Å². The van der Waals surface area contributed by atoms with Gasteiger partial charge in [0.25, 0.3) is 0 Å². The molecule has 2 aliphatic rings. The van der Waals surface area contributed by atoms with Crippen LogP contribution in [0.3, 0.4) is 0 Å². The number of anilines is 1. The van der Waals surface area contributed by atoms with Gasteiger partial charge in [0.05, 0.1) is 5.69 Å². The molecule has 1 unspecified atom stereocenters. The number of carbonyl (C=O) groups is 1. The topological polar surface area (TPSA) is 33.2 Å². The molecule has 27 heavy (non-hydrogen) atoms. The van der Waals surface area contributed by atoms with E-state index in [0.717, 1.165) is 41.8 Å². The quantitative estimate of drug-likeness (QED) is 0.702. The van der Waals surface area contributed by atoms with E-state index < -0.39 is 0 Å². The number of pyridine rings is 1. The lowest BCUT2D eigenvalue weighted by molar-refractivity contribution is -0.118. The molecule has 4 heteroatoms. The van der Waals surface area contributed by atoms with E-state index >= 15 is 0 Å². The first-order valence-corrected chi connectivity index (χ1v) is 9.32. The Kier molecular flexibility index (Phi) is 3.78. The third-order valence-corrected chi connectivity index (χ3v) is 5.63. The summed E-state index contributed by atoms with van der Waals surface area (Å²) in [5.74, 6) is -0.0624. The molecule has 1 aromatic heterocycles. The summed E-state index contributed by atoms with van der Waals surface area (Å²) in [6.07, 6.45) is 5.78. The molecule has 0 bridgehead atoms. The van der Waals surface area contributed by atoms with Crippen LogP contribution < -0.4 is 4.90 Å². The molecule has 2 aromatic carbocycles.